The van der Waals surface area contributed by atoms with Gasteiger partial charge in [0.1, 0.15) is 6.10 Å². The Hall–Kier alpha value is -3.10. The molecule has 0 spiro atoms. The number of halogens is 1. The molecule has 0 amide bonds. The predicted molar refractivity (Wildman–Crippen MR) is 108 cm³/mol. The van der Waals surface area contributed by atoms with Gasteiger partial charge in [-0.25, -0.2) is 0 Å². The van der Waals surface area contributed by atoms with Gasteiger partial charge in [-0.2, -0.15) is 14.6 Å². The van der Waals surface area contributed by atoms with E-state index < -0.39 is 12.1 Å². The molecule has 2 aromatic heterocycles. The Kier molecular flexibility index (Phi) is 4.18. The van der Waals surface area contributed by atoms with E-state index in [1.807, 2.05) is 18.2 Å². The highest BCUT2D eigenvalue weighted by atomic mass is 32.1. The zero-order valence-electron chi connectivity index (χ0n) is 15.4. The molecule has 29 heavy (non-hydrogen) atoms. The van der Waals surface area contributed by atoms with E-state index in [1.54, 1.807) is 48.1 Å². The number of alkyl halides is 1. The third-order valence-electron chi connectivity index (χ3n) is 4.70. The van der Waals surface area contributed by atoms with Gasteiger partial charge in [-0.05, 0) is 41.5 Å². The fourth-order valence-electron chi connectivity index (χ4n) is 3.36. The van der Waals surface area contributed by atoms with E-state index in [0.717, 1.165) is 21.0 Å². The summed E-state index contributed by atoms with van der Waals surface area (Å²) in [5.41, 5.74) is 3.10. The number of ether oxygens (including phenoxy) is 2. The molecule has 1 N–H and O–H groups in total. The molecule has 2 atom stereocenters. The van der Waals surface area contributed by atoms with Crippen LogP contribution in [0.5, 0.6) is 11.5 Å². The molecule has 4 heterocycles. The minimum Gasteiger partial charge on any atom is -0.423 e. The van der Waals surface area contributed by atoms with Crippen molar-refractivity contribution in [3.63, 3.8) is 0 Å². The zero-order valence-corrected chi connectivity index (χ0v) is 16.2. The van der Waals surface area contributed by atoms with Crippen molar-refractivity contribution in [2.45, 2.75) is 25.5 Å². The van der Waals surface area contributed by atoms with Gasteiger partial charge in [0.15, 0.2) is 11.5 Å². The lowest BCUT2D eigenvalue weighted by molar-refractivity contribution is -0.173. The van der Waals surface area contributed by atoms with Gasteiger partial charge in [-0.1, -0.05) is 6.07 Å². The number of pyridine rings is 1. The molecule has 0 aliphatic carbocycles. The number of benzene rings is 1. The van der Waals surface area contributed by atoms with E-state index in [4.69, 9.17) is 9.47 Å². The molecule has 0 saturated heterocycles. The molecular weight excluding hydrogens is 393 g/mol. The summed E-state index contributed by atoms with van der Waals surface area (Å²) in [5, 5.41) is 19.3. The Balaban J connectivity index is 1.56. The van der Waals surface area contributed by atoms with Crippen molar-refractivity contribution in [2.75, 3.05) is 0 Å². The number of thiophene rings is 1. The number of nitrogens with zero attached hydrogens (tertiary/aromatic N) is 3. The van der Waals surface area contributed by atoms with Crippen LogP contribution in [-0.4, -0.2) is 28.1 Å². The van der Waals surface area contributed by atoms with E-state index in [1.165, 1.54) is 6.92 Å². The lowest BCUT2D eigenvalue weighted by atomic mass is 9.99. The van der Waals surface area contributed by atoms with Crippen LogP contribution < -0.4 is 9.47 Å². The maximum atomic E-state index is 14.0. The standard InChI is InChI=1S/C21H16FN3O3S/c1-21(22)27-16-3-2-13(10-17(16)28-21)19(26)14-11-18(12-4-7-23-8-5-12)29-20(14)15-6-9-24-25-15/h2-5,7-11,19,26H,6H2,1H3. The first-order valence-corrected chi connectivity index (χ1v) is 9.84. The highest BCUT2D eigenvalue weighted by Crippen LogP contribution is 2.43. The lowest BCUT2D eigenvalue weighted by Crippen LogP contribution is -2.27. The summed E-state index contributed by atoms with van der Waals surface area (Å²) in [6, 6.07) is 8.49. The van der Waals surface area contributed by atoms with Gasteiger partial charge in [-0.3, -0.25) is 4.98 Å². The van der Waals surface area contributed by atoms with Crippen molar-refractivity contribution >= 4 is 23.3 Å². The summed E-state index contributed by atoms with van der Waals surface area (Å²) in [6.45, 7) is 1.19. The van der Waals surface area contributed by atoms with Crippen molar-refractivity contribution in [1.29, 1.82) is 0 Å². The van der Waals surface area contributed by atoms with Crippen molar-refractivity contribution in [3.05, 3.63) is 64.8 Å². The summed E-state index contributed by atoms with van der Waals surface area (Å²) in [5.74, 6) is 0.571. The van der Waals surface area contributed by atoms with Crippen LogP contribution in [0.25, 0.3) is 10.4 Å². The Morgan fingerprint density at radius 2 is 1.93 bits per heavy atom. The van der Waals surface area contributed by atoms with Crippen LogP contribution in [0.4, 0.5) is 4.39 Å². The van der Waals surface area contributed by atoms with Gasteiger partial charge in [-0.15, -0.1) is 11.3 Å². The average Bonchev–Trinajstić information content (AvgIpc) is 3.44. The molecule has 0 saturated carbocycles. The Morgan fingerprint density at radius 1 is 1.14 bits per heavy atom. The second kappa shape index (κ2) is 6.75. The molecule has 1 aromatic carbocycles. The zero-order chi connectivity index (χ0) is 20.0. The highest BCUT2D eigenvalue weighted by molar-refractivity contribution is 7.17. The number of fused-ring (bicyclic) bond motifs is 1. The van der Waals surface area contributed by atoms with Crippen LogP contribution in [0.3, 0.4) is 0 Å². The average molecular weight is 409 g/mol. The molecule has 0 fully saturated rings. The van der Waals surface area contributed by atoms with E-state index >= 15 is 0 Å². The topological polar surface area (TPSA) is 76.3 Å². The minimum absolute atomic E-state index is 0.263. The third-order valence-corrected chi connectivity index (χ3v) is 5.94. The van der Waals surface area contributed by atoms with E-state index in [9.17, 15) is 9.50 Å². The Morgan fingerprint density at radius 3 is 2.69 bits per heavy atom. The normalized spacial score (nSPS) is 20.7. The minimum atomic E-state index is -2.20. The summed E-state index contributed by atoms with van der Waals surface area (Å²) in [4.78, 5) is 5.92. The number of rotatable bonds is 4. The number of aromatic nitrogens is 1. The Labute approximate surface area is 170 Å². The van der Waals surface area contributed by atoms with Gasteiger partial charge in [0, 0.05) is 42.4 Å². The van der Waals surface area contributed by atoms with Crippen molar-refractivity contribution in [1.82, 2.24) is 4.98 Å². The number of hydrogen-bond acceptors (Lipinski definition) is 7. The fourth-order valence-corrected chi connectivity index (χ4v) is 4.55. The summed E-state index contributed by atoms with van der Waals surface area (Å²) >= 11 is 1.54. The predicted octanol–water partition coefficient (Wildman–Crippen LogP) is 4.48. The molecule has 0 radical (unpaired) electrons. The SMILES string of the molecule is CC1(F)Oc2ccc(C(O)c3cc(-c4ccncc4)sc3C3=NN=CC3)cc2O1. The van der Waals surface area contributed by atoms with Crippen LogP contribution in [0, 0.1) is 0 Å². The molecule has 146 valence electrons. The maximum absolute atomic E-state index is 14.0. The van der Waals surface area contributed by atoms with Crippen LogP contribution in [-0.2, 0) is 0 Å². The molecule has 3 aromatic rings. The van der Waals surface area contributed by atoms with Crippen LogP contribution in [0.2, 0.25) is 0 Å². The fraction of sp³-hybridized carbons (Fsp3) is 0.190. The molecular formula is C21H16FN3O3S. The molecule has 5 rings (SSSR count). The van der Waals surface area contributed by atoms with Gasteiger partial charge < -0.3 is 14.6 Å². The summed E-state index contributed by atoms with van der Waals surface area (Å²) in [7, 11) is 0. The van der Waals surface area contributed by atoms with E-state index in [-0.39, 0.29) is 5.75 Å². The van der Waals surface area contributed by atoms with E-state index in [2.05, 4.69) is 15.2 Å². The third kappa shape index (κ3) is 3.30. The quantitative estimate of drug-likeness (QED) is 0.689. The summed E-state index contributed by atoms with van der Waals surface area (Å²) < 4.78 is 24.2. The van der Waals surface area contributed by atoms with Crippen LogP contribution in [0.1, 0.15) is 35.5 Å². The highest BCUT2D eigenvalue weighted by Gasteiger charge is 2.37. The number of aliphatic hydroxyl groups excluding tert-OH is 1. The first-order chi connectivity index (χ1) is 14.0. The molecule has 2 aliphatic rings. The van der Waals surface area contributed by atoms with Crippen molar-refractivity contribution in [2.24, 2.45) is 10.2 Å². The van der Waals surface area contributed by atoms with Crippen LogP contribution >= 0.6 is 11.3 Å². The molecule has 0 bridgehead atoms. The molecule has 2 unspecified atom stereocenters. The first kappa shape index (κ1) is 18.0. The smallest absolute Gasteiger partial charge is 0.404 e. The number of hydrogen-bond donors (Lipinski definition) is 1. The monoisotopic (exact) mass is 409 g/mol. The van der Waals surface area contributed by atoms with Crippen LogP contribution in [0.15, 0.2) is 59.0 Å². The first-order valence-electron chi connectivity index (χ1n) is 9.02. The lowest BCUT2D eigenvalue weighted by Gasteiger charge is -2.13. The molecule has 6 nitrogen and oxygen atoms in total. The molecule has 8 heteroatoms. The van der Waals surface area contributed by atoms with Gasteiger partial charge in [0.2, 0.25) is 0 Å². The van der Waals surface area contributed by atoms with Gasteiger partial charge in [0.05, 0.1) is 10.6 Å². The largest absolute Gasteiger partial charge is 0.423 e. The van der Waals surface area contributed by atoms with E-state index in [0.29, 0.717) is 23.3 Å². The maximum Gasteiger partial charge on any atom is 0.404 e. The second-order valence-electron chi connectivity index (χ2n) is 6.83. The molecule has 2 aliphatic heterocycles. The second-order valence-corrected chi connectivity index (χ2v) is 7.88. The van der Waals surface area contributed by atoms with Crippen molar-refractivity contribution in [3.8, 4) is 21.9 Å². The summed E-state index contributed by atoms with van der Waals surface area (Å²) in [6.07, 6.45) is 4.86. The van der Waals surface area contributed by atoms with Crippen molar-refractivity contribution < 1.29 is 19.0 Å². The van der Waals surface area contributed by atoms with Gasteiger partial charge >= 0.3 is 6.04 Å². The Bertz CT molecular complexity index is 1140. The van der Waals surface area contributed by atoms with Gasteiger partial charge in [0.25, 0.3) is 0 Å². The number of aliphatic hydroxyl groups is 1.